The number of hydrogen-bond acceptors (Lipinski definition) is 5. The average Bonchev–Trinajstić information content (AvgIpc) is 0.846. The van der Waals surface area contributed by atoms with Gasteiger partial charge in [0, 0.05) is 59.5 Å². The minimum Gasteiger partial charge on any atom is -0.521 e. The Balaban J connectivity index is 0.000000317. The van der Waals surface area contributed by atoms with Crippen LogP contribution < -0.4 is 0 Å². The SMILES string of the molecule is [CH-]=C.[CH-]=CC(C)(C)C.[CH-]=Cc1cc(C(C)(C)C)cc(C(C)(C)C)c1.[CH-]=Cc1ccccc1.[Ni+3].[Ni+3].[Ni+3].[Ni+3].[Ni+3].[c-]1ccccc1.[c-]1ccccc1-c1[c-]c(-c2ccccn2)ccc1.[c-]1ccccc1-c1[c-]c(-c2ccccn2)ccc1.[c-]1ccccc1-c1[c-]c(-c2ccccn2)ccc1.[c-]1ccccc1-c1[c-]c(-c2ccccn2)ccc1.[c-]1ccccc1-c1[c-]c(-c2ccccn2)ccc1. The molecule has 5 nitrogen and oxygen atoms in total. The first-order valence-electron chi connectivity index (χ1n) is 42.0. The molecule has 0 N–H and O–H groups in total. The van der Waals surface area contributed by atoms with E-state index in [-0.39, 0.29) is 98.7 Å². The monoisotopic (exact) mass is 1940 g/mol. The Morgan fingerprint density at radius 3 is 0.594 bits per heavy atom. The fourth-order valence-corrected chi connectivity index (χ4v) is 11.8. The van der Waals surface area contributed by atoms with Crippen LogP contribution in [-0.4, -0.2) is 24.9 Å². The first kappa shape index (κ1) is 112. The number of pyridine rings is 5. The van der Waals surface area contributed by atoms with Crippen LogP contribution in [0.25, 0.3) is 124 Å². The molecule has 133 heavy (non-hydrogen) atoms. The van der Waals surface area contributed by atoms with E-state index in [1.54, 1.807) is 49.2 Å². The summed E-state index contributed by atoms with van der Waals surface area (Å²) in [4.78, 5) is 21.7. The van der Waals surface area contributed by atoms with Gasteiger partial charge in [0.15, 0.2) is 0 Å². The third-order valence-electron chi connectivity index (χ3n) is 18.7. The van der Waals surface area contributed by atoms with E-state index in [4.69, 9.17) is 19.7 Å². The Morgan fingerprint density at radius 1 is 0.226 bits per heavy atom. The van der Waals surface area contributed by atoms with Gasteiger partial charge in [-0.15, -0.1) is 143 Å². The predicted octanol–water partition coefficient (Wildman–Crippen LogP) is 31.0. The van der Waals surface area contributed by atoms with E-state index in [0.29, 0.717) is 0 Å². The van der Waals surface area contributed by atoms with Crippen LogP contribution in [0.15, 0.2) is 426 Å². The maximum Gasteiger partial charge on any atom is 3.00 e. The van der Waals surface area contributed by atoms with Crippen LogP contribution in [0, 0.1) is 98.5 Å². The summed E-state index contributed by atoms with van der Waals surface area (Å²) >= 11 is 0. The maximum absolute atomic E-state index is 5.65. The minimum atomic E-state index is 0. The van der Waals surface area contributed by atoms with Gasteiger partial charge in [-0.3, -0.25) is 50.7 Å². The van der Waals surface area contributed by atoms with Crippen LogP contribution in [-0.2, 0) is 93.3 Å². The Hall–Kier alpha value is -13.0. The van der Waals surface area contributed by atoms with Gasteiger partial charge < -0.3 is 13.2 Å². The molecule has 0 aliphatic rings. The van der Waals surface area contributed by atoms with Crippen molar-refractivity contribution >= 4 is 12.2 Å². The van der Waals surface area contributed by atoms with Crippen LogP contribution in [0.3, 0.4) is 0 Å². The van der Waals surface area contributed by atoms with E-state index in [0.717, 1.165) is 123 Å². The Bertz CT molecular complexity index is 5150. The second-order valence-corrected chi connectivity index (χ2v) is 31.5. The normalized spacial score (nSPS) is 9.84. The first-order valence-corrected chi connectivity index (χ1v) is 42.0. The van der Waals surface area contributed by atoms with Gasteiger partial charge >= 0.3 is 82.5 Å². The van der Waals surface area contributed by atoms with Crippen LogP contribution in [0.2, 0.25) is 0 Å². The van der Waals surface area contributed by atoms with Crippen molar-refractivity contribution in [2.45, 2.75) is 73.1 Å². The third kappa shape index (κ3) is 39.9. The van der Waals surface area contributed by atoms with Gasteiger partial charge in [-0.1, -0.05) is 164 Å². The predicted molar refractivity (Wildman–Crippen MR) is 535 cm³/mol. The summed E-state index contributed by atoms with van der Waals surface area (Å²) in [6.45, 7) is 42.6. The first-order chi connectivity index (χ1) is 62.3. The van der Waals surface area contributed by atoms with Gasteiger partial charge in [0.05, 0.1) is 0 Å². The van der Waals surface area contributed by atoms with Crippen molar-refractivity contribution in [2.75, 3.05) is 0 Å². The molecule has 0 aliphatic heterocycles. The number of aromatic nitrogens is 5. The zero-order chi connectivity index (χ0) is 90.9. The van der Waals surface area contributed by atoms with Gasteiger partial charge in [0.2, 0.25) is 0 Å². The molecule has 671 valence electrons. The molecule has 18 aromatic rings. The molecule has 0 atom stereocenters. The summed E-state index contributed by atoms with van der Waals surface area (Å²) in [5.74, 6) is 0. The molecule has 18 rings (SSSR count). The third-order valence-corrected chi connectivity index (χ3v) is 18.7. The molecule has 0 saturated heterocycles. The molecule has 5 aromatic heterocycles. The van der Waals surface area contributed by atoms with Crippen molar-refractivity contribution in [3.63, 3.8) is 0 Å². The van der Waals surface area contributed by atoms with Crippen LogP contribution in [0.1, 0.15) is 84.6 Å². The van der Waals surface area contributed by atoms with Crippen LogP contribution in [0.5, 0.6) is 0 Å². The summed E-state index contributed by atoms with van der Waals surface area (Å²) in [7, 11) is 0. The van der Waals surface area contributed by atoms with Crippen LogP contribution in [0.4, 0.5) is 0 Å². The molecule has 0 saturated carbocycles. The number of hydrogen-bond donors (Lipinski definition) is 0. The zero-order valence-electron chi connectivity index (χ0n) is 75.8. The van der Waals surface area contributed by atoms with Crippen molar-refractivity contribution in [3.05, 3.63) is 541 Å². The van der Waals surface area contributed by atoms with E-state index < -0.39 is 0 Å². The van der Waals surface area contributed by atoms with Crippen molar-refractivity contribution in [1.29, 1.82) is 0 Å². The summed E-state index contributed by atoms with van der Waals surface area (Å²) in [6.07, 6.45) is 13.9. The van der Waals surface area contributed by atoms with Crippen molar-refractivity contribution in [1.82, 2.24) is 24.9 Å². The summed E-state index contributed by atoms with van der Waals surface area (Å²) in [5, 5.41) is 0. The molecule has 5 heterocycles. The molecule has 0 unspecified atom stereocenters. The molecular formula is C123H104N5Ni5. The molecule has 0 bridgehead atoms. The largest absolute Gasteiger partial charge is 3.00 e. The molecule has 10 heteroatoms. The molecule has 5 radical (unpaired) electrons. The van der Waals surface area contributed by atoms with Crippen molar-refractivity contribution < 1.29 is 82.5 Å². The molecule has 0 spiro atoms. The van der Waals surface area contributed by atoms with Gasteiger partial charge in [-0.2, -0.15) is 257 Å². The topological polar surface area (TPSA) is 64.5 Å². The second-order valence-electron chi connectivity index (χ2n) is 31.5. The van der Waals surface area contributed by atoms with Crippen LogP contribution >= 0.6 is 0 Å². The van der Waals surface area contributed by atoms with E-state index in [1.807, 2.05) is 364 Å². The van der Waals surface area contributed by atoms with Crippen molar-refractivity contribution in [2.24, 2.45) is 5.41 Å². The molecule has 0 aliphatic carbocycles. The zero-order valence-corrected chi connectivity index (χ0v) is 80.8. The van der Waals surface area contributed by atoms with E-state index >= 15 is 0 Å². The molecule has 13 aromatic carbocycles. The Kier molecular flexibility index (Phi) is 52.1. The smallest absolute Gasteiger partial charge is 0.521 e. The van der Waals surface area contributed by atoms with Crippen molar-refractivity contribution in [3.8, 4) is 112 Å². The van der Waals surface area contributed by atoms with Gasteiger partial charge in [-0.05, 0) is 41.2 Å². The summed E-state index contributed by atoms with van der Waals surface area (Å²) < 4.78 is 0. The standard InChI is InChI=1S/5C17H11N.C16H23.C8H7.C6H5.C6H11.C2H3.5Ni/c5*1-2-7-14(8-3-1)15-9-6-10-16(13-15)17-11-4-5-12-18-17;1-8-12-9-13(15(2,3)4)11-14(10-12)16(5,6)7;1-2-8-6-4-3-5-7-8;1-2-4-6-5-3-1;1-5-6(2,3)4;1-2;;;;;/h5*1-7,9-12H;1,8-11H,2-7H3;1-7H;1-5H;1,5H,2-4H3;1H,2H2;;;;;/q5*-2;5*-1;5*+3. The average molecular weight is 1950 g/mol. The molecule has 0 fully saturated rings. The van der Waals surface area contributed by atoms with E-state index in [9.17, 15) is 0 Å². The maximum atomic E-state index is 5.65. The Labute approximate surface area is 843 Å². The summed E-state index contributed by atoms with van der Waals surface area (Å²) in [5.41, 5.74) is 25.6. The van der Waals surface area contributed by atoms with Gasteiger partial charge in [-0.25, -0.2) is 40.0 Å². The Morgan fingerprint density at radius 2 is 0.429 bits per heavy atom. The van der Waals surface area contributed by atoms with E-state index in [2.05, 4.69) is 185 Å². The fourth-order valence-electron chi connectivity index (χ4n) is 11.8. The second kappa shape index (κ2) is 61.6. The number of allylic oxidation sites excluding steroid dienone is 1. The van der Waals surface area contributed by atoms with E-state index in [1.165, 1.54) is 11.1 Å². The number of rotatable bonds is 12. The quantitative estimate of drug-likeness (QED) is 0.0901. The van der Waals surface area contributed by atoms with Gasteiger partial charge in [0.25, 0.3) is 0 Å². The fraction of sp³-hybridized carbons (Fsp3) is 0.0976. The molecule has 0 amide bonds. The summed E-state index contributed by atoms with van der Waals surface area (Å²) in [6, 6.07) is 161. The van der Waals surface area contributed by atoms with Gasteiger partial charge in [0.1, 0.15) is 0 Å². The number of nitrogens with zero attached hydrogens (tertiary/aromatic N) is 5. The minimum absolute atomic E-state index is 0. The molecular weight excluding hydrogens is 1840 g/mol. The number of benzene rings is 13.